The maximum absolute atomic E-state index is 13.1. The maximum atomic E-state index is 13.1. The van der Waals surface area contributed by atoms with Crippen LogP contribution in [0.3, 0.4) is 0 Å². The number of amides is 1. The molecule has 7 nitrogen and oxygen atoms in total. The number of nitrogens with zero attached hydrogens (tertiary/aromatic N) is 4. The molecule has 2 aromatic rings. The van der Waals surface area contributed by atoms with E-state index in [1.165, 1.54) is 0 Å². The van der Waals surface area contributed by atoms with E-state index in [9.17, 15) is 9.59 Å². The lowest BCUT2D eigenvalue weighted by atomic mass is 9.82. The number of hydrogen-bond acceptors (Lipinski definition) is 5. The molecule has 0 spiro atoms. The number of rotatable bonds is 4. The van der Waals surface area contributed by atoms with Gasteiger partial charge in [0.1, 0.15) is 5.75 Å². The minimum absolute atomic E-state index is 0.0334. The zero-order valence-corrected chi connectivity index (χ0v) is 16.6. The third-order valence-electron chi connectivity index (χ3n) is 5.69. The highest BCUT2D eigenvalue weighted by molar-refractivity contribution is 5.96. The van der Waals surface area contributed by atoms with E-state index in [0.29, 0.717) is 37.5 Å². The van der Waals surface area contributed by atoms with Crippen molar-refractivity contribution in [2.45, 2.75) is 25.4 Å². The fraction of sp³-hybridized carbons (Fsp3) is 0.476. The summed E-state index contributed by atoms with van der Waals surface area (Å²) in [5.74, 6) is 0.933. The van der Waals surface area contributed by atoms with Crippen molar-refractivity contribution in [3.63, 3.8) is 0 Å². The highest BCUT2D eigenvalue weighted by Gasteiger charge is 2.37. The van der Waals surface area contributed by atoms with E-state index in [4.69, 9.17) is 4.74 Å². The number of pyridine rings is 2. The monoisotopic (exact) mass is 382 g/mol. The molecule has 4 rings (SSSR count). The molecule has 2 bridgehead atoms. The Morgan fingerprint density at radius 3 is 2.82 bits per heavy atom. The fourth-order valence-corrected chi connectivity index (χ4v) is 4.51. The number of hydrogen-bond donors (Lipinski definition) is 0. The van der Waals surface area contributed by atoms with Crippen molar-refractivity contribution in [1.29, 1.82) is 0 Å². The number of likely N-dealkylation sites (tertiary alicyclic amines) is 1. The van der Waals surface area contributed by atoms with Crippen LogP contribution in [0.25, 0.3) is 0 Å². The first-order chi connectivity index (χ1) is 13.5. The predicted molar refractivity (Wildman–Crippen MR) is 106 cm³/mol. The maximum Gasteiger partial charge on any atom is 0.257 e. The highest BCUT2D eigenvalue weighted by atomic mass is 16.5. The molecular formula is C21H26N4O3. The minimum atomic E-state index is -0.0334. The molecule has 0 saturated carbocycles. The lowest BCUT2D eigenvalue weighted by Crippen LogP contribution is -2.49. The molecule has 2 atom stereocenters. The SMILES string of the molecule is COc1cnccc1C(=O)N1C[C@@H]2C[C@H](C1)c1ccc(CN(C)C)c(=O)n1C2. The van der Waals surface area contributed by atoms with Gasteiger partial charge in [0.15, 0.2) is 0 Å². The number of carbonyl (C=O) groups excluding carboxylic acids is 1. The number of carbonyl (C=O) groups is 1. The summed E-state index contributed by atoms with van der Waals surface area (Å²) in [7, 11) is 5.48. The van der Waals surface area contributed by atoms with Gasteiger partial charge in [-0.1, -0.05) is 6.07 Å². The van der Waals surface area contributed by atoms with Crippen molar-refractivity contribution in [2.75, 3.05) is 34.3 Å². The molecule has 7 heteroatoms. The van der Waals surface area contributed by atoms with Gasteiger partial charge in [-0.25, -0.2) is 0 Å². The Morgan fingerprint density at radius 1 is 1.25 bits per heavy atom. The van der Waals surface area contributed by atoms with Crippen molar-refractivity contribution in [2.24, 2.45) is 5.92 Å². The molecule has 0 radical (unpaired) electrons. The molecule has 4 heterocycles. The van der Waals surface area contributed by atoms with Crippen LogP contribution in [0.1, 0.15) is 34.0 Å². The van der Waals surface area contributed by atoms with Crippen LogP contribution in [-0.4, -0.2) is 59.6 Å². The Bertz CT molecular complexity index is 953. The molecule has 1 amide bonds. The van der Waals surface area contributed by atoms with Gasteiger partial charge < -0.3 is 19.1 Å². The summed E-state index contributed by atoms with van der Waals surface area (Å²) in [5.41, 5.74) is 2.51. The molecule has 1 saturated heterocycles. The molecule has 148 valence electrons. The average Bonchev–Trinajstić information content (AvgIpc) is 2.69. The van der Waals surface area contributed by atoms with E-state index in [1.54, 1.807) is 25.6 Å². The second-order valence-corrected chi connectivity index (χ2v) is 8.02. The van der Waals surface area contributed by atoms with Crippen LogP contribution in [0.4, 0.5) is 0 Å². The zero-order valence-electron chi connectivity index (χ0n) is 16.6. The molecule has 1 fully saturated rings. The summed E-state index contributed by atoms with van der Waals surface area (Å²) in [6.07, 6.45) is 4.20. The lowest BCUT2D eigenvalue weighted by Gasteiger charge is -2.43. The average molecular weight is 382 g/mol. The van der Waals surface area contributed by atoms with Crippen molar-refractivity contribution in [1.82, 2.24) is 19.4 Å². The Hall–Kier alpha value is -2.67. The van der Waals surface area contributed by atoms with E-state index >= 15 is 0 Å². The van der Waals surface area contributed by atoms with Gasteiger partial charge >= 0.3 is 0 Å². The van der Waals surface area contributed by atoms with E-state index < -0.39 is 0 Å². The van der Waals surface area contributed by atoms with E-state index in [-0.39, 0.29) is 23.3 Å². The van der Waals surface area contributed by atoms with Gasteiger partial charge in [-0.05, 0) is 38.6 Å². The van der Waals surface area contributed by atoms with Crippen LogP contribution < -0.4 is 10.3 Å². The smallest absolute Gasteiger partial charge is 0.257 e. The summed E-state index contributed by atoms with van der Waals surface area (Å²) in [5, 5.41) is 0. The van der Waals surface area contributed by atoms with Crippen LogP contribution in [0, 0.1) is 5.92 Å². The topological polar surface area (TPSA) is 67.7 Å². The number of ether oxygens (including phenoxy) is 1. The van der Waals surface area contributed by atoms with E-state index in [2.05, 4.69) is 11.1 Å². The largest absolute Gasteiger partial charge is 0.494 e. The van der Waals surface area contributed by atoms with Crippen LogP contribution in [0.15, 0.2) is 35.4 Å². The normalized spacial score (nSPS) is 20.8. The highest BCUT2D eigenvalue weighted by Crippen LogP contribution is 2.36. The number of piperidine rings is 1. The molecule has 0 aromatic carbocycles. The van der Waals surface area contributed by atoms with Gasteiger partial charge in [-0.2, -0.15) is 0 Å². The number of methoxy groups -OCH3 is 1. The summed E-state index contributed by atoms with van der Waals surface area (Å²) in [6, 6.07) is 5.72. The van der Waals surface area contributed by atoms with Crippen LogP contribution in [0.2, 0.25) is 0 Å². The van der Waals surface area contributed by atoms with E-state index in [0.717, 1.165) is 17.7 Å². The Balaban J connectivity index is 1.62. The summed E-state index contributed by atoms with van der Waals surface area (Å²) >= 11 is 0. The van der Waals surface area contributed by atoms with Crippen LogP contribution >= 0.6 is 0 Å². The fourth-order valence-electron chi connectivity index (χ4n) is 4.51. The molecule has 2 aliphatic rings. The van der Waals surface area contributed by atoms with E-state index in [1.807, 2.05) is 34.5 Å². The Morgan fingerprint density at radius 2 is 2.07 bits per heavy atom. The molecule has 2 aliphatic heterocycles. The minimum Gasteiger partial charge on any atom is -0.494 e. The molecule has 28 heavy (non-hydrogen) atoms. The summed E-state index contributed by atoms with van der Waals surface area (Å²) in [6.45, 7) is 2.59. The van der Waals surface area contributed by atoms with Crippen molar-refractivity contribution < 1.29 is 9.53 Å². The molecule has 0 aliphatic carbocycles. The first-order valence-electron chi connectivity index (χ1n) is 9.62. The standard InChI is InChI=1S/C21H26N4O3/c1-23(2)12-15-4-5-18-16-8-14(11-25(18)20(15)26)10-24(13-16)21(27)17-6-7-22-9-19(17)28-3/h4-7,9,14,16H,8,10-13H2,1-3H3/t14-,16+/m0/s1. The third kappa shape index (κ3) is 3.30. The van der Waals surface area contributed by atoms with Gasteiger partial charge in [0.25, 0.3) is 11.5 Å². The number of aromatic nitrogens is 2. The molecule has 0 unspecified atom stereocenters. The third-order valence-corrected chi connectivity index (χ3v) is 5.69. The summed E-state index contributed by atoms with van der Waals surface area (Å²) < 4.78 is 7.25. The second kappa shape index (κ2) is 7.39. The first-order valence-corrected chi connectivity index (χ1v) is 9.62. The molecule has 2 aromatic heterocycles. The van der Waals surface area contributed by atoms with Crippen molar-refractivity contribution in [3.8, 4) is 5.75 Å². The van der Waals surface area contributed by atoms with Gasteiger partial charge in [-0.3, -0.25) is 14.6 Å². The molecule has 0 N–H and O–H groups in total. The first kappa shape index (κ1) is 18.7. The molecular weight excluding hydrogens is 356 g/mol. The van der Waals surface area contributed by atoms with Gasteiger partial charge in [0, 0.05) is 49.6 Å². The van der Waals surface area contributed by atoms with Crippen molar-refractivity contribution >= 4 is 5.91 Å². The second-order valence-electron chi connectivity index (χ2n) is 8.02. The number of fused-ring (bicyclic) bond motifs is 4. The van der Waals surface area contributed by atoms with Gasteiger partial charge in [0.05, 0.1) is 18.9 Å². The van der Waals surface area contributed by atoms with Gasteiger partial charge in [-0.15, -0.1) is 0 Å². The van der Waals surface area contributed by atoms with Crippen molar-refractivity contribution in [3.05, 3.63) is 57.8 Å². The quantitative estimate of drug-likeness (QED) is 0.803. The Labute approximate surface area is 164 Å². The van der Waals surface area contributed by atoms with Crippen LogP contribution in [0.5, 0.6) is 5.75 Å². The lowest BCUT2D eigenvalue weighted by molar-refractivity contribution is 0.0590. The predicted octanol–water partition coefficient (Wildman–Crippen LogP) is 1.57. The van der Waals surface area contributed by atoms with Gasteiger partial charge in [0.2, 0.25) is 0 Å². The summed E-state index contributed by atoms with van der Waals surface area (Å²) in [4.78, 5) is 34.0. The van der Waals surface area contributed by atoms with Crippen LogP contribution in [-0.2, 0) is 13.1 Å². The zero-order chi connectivity index (χ0) is 19.8. The Kier molecular flexibility index (Phi) is 4.93.